The van der Waals surface area contributed by atoms with Gasteiger partial charge in [0.15, 0.2) is 8.32 Å². The molecule has 1 aromatic carbocycles. The van der Waals surface area contributed by atoms with Gasteiger partial charge in [-0.15, -0.1) is 0 Å². The second-order valence-corrected chi connectivity index (χ2v) is 13.1. The van der Waals surface area contributed by atoms with Crippen LogP contribution >= 0.6 is 0 Å². The molecule has 0 spiro atoms. The van der Waals surface area contributed by atoms with E-state index in [1.165, 1.54) is 0 Å². The fourth-order valence-electron chi connectivity index (χ4n) is 3.06. The van der Waals surface area contributed by atoms with E-state index < -0.39 is 13.9 Å². The average molecular weight is 345 g/mol. The van der Waals surface area contributed by atoms with E-state index in [4.69, 9.17) is 4.43 Å². The number of rotatable bonds is 4. The number of para-hydroxylation sites is 1. The van der Waals surface area contributed by atoms with E-state index in [1.54, 1.807) is 11.8 Å². The molecule has 0 fully saturated rings. The van der Waals surface area contributed by atoms with Gasteiger partial charge in [-0.2, -0.15) is 5.26 Å². The van der Waals surface area contributed by atoms with Crippen LogP contribution in [0.2, 0.25) is 18.1 Å². The van der Waals surface area contributed by atoms with Crippen molar-refractivity contribution in [2.75, 3.05) is 11.5 Å². The molecule has 1 unspecified atom stereocenters. The van der Waals surface area contributed by atoms with Gasteiger partial charge in [-0.3, -0.25) is 4.79 Å². The lowest BCUT2D eigenvalue weighted by atomic mass is 9.92. The van der Waals surface area contributed by atoms with Gasteiger partial charge in [-0.05, 0) is 29.8 Å². The molecule has 5 heteroatoms. The summed E-state index contributed by atoms with van der Waals surface area (Å²) in [5.74, 6) is -0.0333. The highest BCUT2D eigenvalue weighted by Crippen LogP contribution is 2.43. The van der Waals surface area contributed by atoms with Crippen molar-refractivity contribution in [1.29, 1.82) is 5.26 Å². The monoisotopic (exact) mass is 344 g/mol. The number of benzene rings is 1. The molecule has 0 bridgehead atoms. The van der Waals surface area contributed by atoms with Gasteiger partial charge in [0.2, 0.25) is 5.91 Å². The SMILES string of the molecule is CC(=O)N1c2ccccc2CC1(CC#N)CO[Si](C)(C)C(C)(C)C. The van der Waals surface area contributed by atoms with Gasteiger partial charge < -0.3 is 9.33 Å². The van der Waals surface area contributed by atoms with Crippen molar-refractivity contribution in [1.82, 2.24) is 0 Å². The number of hydrogen-bond acceptors (Lipinski definition) is 3. The number of hydrogen-bond donors (Lipinski definition) is 0. The van der Waals surface area contributed by atoms with Crippen LogP contribution in [0.1, 0.15) is 39.7 Å². The Labute approximate surface area is 146 Å². The molecular weight excluding hydrogens is 316 g/mol. The lowest BCUT2D eigenvalue weighted by Crippen LogP contribution is -2.55. The summed E-state index contributed by atoms with van der Waals surface area (Å²) < 4.78 is 6.44. The molecule has 0 radical (unpaired) electrons. The summed E-state index contributed by atoms with van der Waals surface area (Å²) >= 11 is 0. The van der Waals surface area contributed by atoms with Crippen molar-refractivity contribution in [3.05, 3.63) is 29.8 Å². The molecule has 0 saturated carbocycles. The minimum Gasteiger partial charge on any atom is -0.414 e. The fraction of sp³-hybridized carbons (Fsp3) is 0.579. The zero-order valence-corrected chi connectivity index (χ0v) is 16.6. The predicted octanol–water partition coefficient (Wildman–Crippen LogP) is 4.27. The van der Waals surface area contributed by atoms with E-state index in [-0.39, 0.29) is 17.4 Å². The van der Waals surface area contributed by atoms with Crippen molar-refractivity contribution in [3.8, 4) is 6.07 Å². The molecule has 1 aliphatic rings. The van der Waals surface area contributed by atoms with Crippen molar-refractivity contribution >= 4 is 19.9 Å². The third-order valence-electron chi connectivity index (χ3n) is 5.46. The summed E-state index contributed by atoms with van der Waals surface area (Å²) in [7, 11) is -1.96. The van der Waals surface area contributed by atoms with Crippen molar-refractivity contribution in [2.24, 2.45) is 0 Å². The lowest BCUT2D eigenvalue weighted by molar-refractivity contribution is -0.117. The second-order valence-electron chi connectivity index (χ2n) is 8.27. The van der Waals surface area contributed by atoms with Gasteiger partial charge >= 0.3 is 0 Å². The number of fused-ring (bicyclic) bond motifs is 1. The summed E-state index contributed by atoms with van der Waals surface area (Å²) in [4.78, 5) is 14.2. The molecule has 1 atom stereocenters. The predicted molar refractivity (Wildman–Crippen MR) is 99.4 cm³/mol. The van der Waals surface area contributed by atoms with E-state index in [9.17, 15) is 10.1 Å². The number of nitriles is 1. The van der Waals surface area contributed by atoms with E-state index >= 15 is 0 Å². The molecule has 0 N–H and O–H groups in total. The Morgan fingerprint density at radius 3 is 2.54 bits per heavy atom. The van der Waals surface area contributed by atoms with Crippen LogP contribution in [0.15, 0.2) is 24.3 Å². The van der Waals surface area contributed by atoms with Gasteiger partial charge in [-0.25, -0.2) is 0 Å². The third-order valence-corrected chi connectivity index (χ3v) is 9.94. The summed E-state index contributed by atoms with van der Waals surface area (Å²) in [5.41, 5.74) is 1.43. The Bertz CT molecular complexity index is 673. The third kappa shape index (κ3) is 3.26. The molecule has 0 aliphatic carbocycles. The van der Waals surface area contributed by atoms with Crippen LogP contribution < -0.4 is 4.90 Å². The molecule has 0 saturated heterocycles. The van der Waals surface area contributed by atoms with Crippen LogP contribution in [0, 0.1) is 11.3 Å². The van der Waals surface area contributed by atoms with Crippen LogP contribution in [0.25, 0.3) is 0 Å². The number of amides is 1. The van der Waals surface area contributed by atoms with Crippen molar-refractivity contribution in [2.45, 2.75) is 64.2 Å². The molecule has 2 rings (SSSR count). The smallest absolute Gasteiger partial charge is 0.224 e. The Morgan fingerprint density at radius 1 is 1.38 bits per heavy atom. The topological polar surface area (TPSA) is 53.3 Å². The van der Waals surface area contributed by atoms with Crippen molar-refractivity contribution < 1.29 is 9.22 Å². The maximum absolute atomic E-state index is 12.4. The molecule has 0 aromatic heterocycles. The zero-order valence-electron chi connectivity index (χ0n) is 15.6. The summed E-state index contributed by atoms with van der Waals surface area (Å²) in [6.07, 6.45) is 0.945. The van der Waals surface area contributed by atoms with E-state index in [0.717, 1.165) is 11.3 Å². The average Bonchev–Trinajstić information content (AvgIpc) is 2.78. The zero-order chi connectivity index (χ0) is 18.2. The summed E-state index contributed by atoms with van der Waals surface area (Å²) in [5, 5.41) is 9.52. The molecule has 4 nitrogen and oxygen atoms in total. The standard InChI is InChI=1S/C19H28N2O2Si/c1-15(22)21-17-10-8-7-9-16(17)13-19(21,11-12-20)14-23-24(5,6)18(2,3)4/h7-10H,11,13-14H2,1-6H3. The molecule has 1 heterocycles. The Morgan fingerprint density at radius 2 is 2.00 bits per heavy atom. The molecule has 1 aliphatic heterocycles. The molecule has 1 aromatic rings. The van der Waals surface area contributed by atoms with Crippen LogP contribution in [0.3, 0.4) is 0 Å². The number of anilines is 1. The van der Waals surface area contributed by atoms with Gasteiger partial charge in [0, 0.05) is 19.0 Å². The molecule has 1 amide bonds. The summed E-state index contributed by atoms with van der Waals surface area (Å²) in [6.45, 7) is 13.0. The van der Waals surface area contributed by atoms with Gasteiger partial charge in [0.1, 0.15) is 0 Å². The molecule has 24 heavy (non-hydrogen) atoms. The largest absolute Gasteiger partial charge is 0.414 e. The van der Waals surface area contributed by atoms with Gasteiger partial charge in [0.05, 0.1) is 24.6 Å². The Balaban J connectivity index is 2.38. The maximum atomic E-state index is 12.4. The van der Waals surface area contributed by atoms with E-state index in [1.807, 2.05) is 24.3 Å². The van der Waals surface area contributed by atoms with Crippen molar-refractivity contribution in [3.63, 3.8) is 0 Å². The normalized spacial score (nSPS) is 20.6. The van der Waals surface area contributed by atoms with Gasteiger partial charge in [0.25, 0.3) is 0 Å². The highest BCUT2D eigenvalue weighted by molar-refractivity contribution is 6.74. The maximum Gasteiger partial charge on any atom is 0.224 e. The highest BCUT2D eigenvalue weighted by Gasteiger charge is 2.48. The van der Waals surface area contributed by atoms with Gasteiger partial charge in [-0.1, -0.05) is 39.0 Å². The minimum atomic E-state index is -1.96. The quantitative estimate of drug-likeness (QED) is 0.767. The van der Waals surface area contributed by atoms with E-state index in [0.29, 0.717) is 13.0 Å². The number of carbonyl (C=O) groups is 1. The van der Waals surface area contributed by atoms with Crippen LogP contribution in [0.4, 0.5) is 5.69 Å². The van der Waals surface area contributed by atoms with Crippen LogP contribution in [0.5, 0.6) is 0 Å². The number of carbonyl (C=O) groups excluding carboxylic acids is 1. The van der Waals surface area contributed by atoms with E-state index in [2.05, 4.69) is 39.9 Å². The first-order valence-electron chi connectivity index (χ1n) is 8.44. The highest BCUT2D eigenvalue weighted by atomic mass is 28.4. The first kappa shape index (κ1) is 18.7. The van der Waals surface area contributed by atoms with Crippen LogP contribution in [-0.2, 0) is 15.6 Å². The Hall–Kier alpha value is -1.64. The van der Waals surface area contributed by atoms with Crippen LogP contribution in [-0.4, -0.2) is 26.4 Å². The lowest BCUT2D eigenvalue weighted by Gasteiger charge is -2.42. The summed E-state index contributed by atoms with van der Waals surface area (Å²) in [6, 6.07) is 10.2. The first-order chi connectivity index (χ1) is 11.0. The second kappa shape index (κ2) is 6.34. The minimum absolute atomic E-state index is 0.0333. The Kier molecular flexibility index (Phi) is 4.94. The fourth-order valence-corrected chi connectivity index (χ4v) is 4.12. The molecule has 130 valence electrons. The molecular formula is C19H28N2O2Si. The first-order valence-corrected chi connectivity index (χ1v) is 11.3. The number of nitrogens with zero attached hydrogens (tertiary/aromatic N) is 2.